The number of aliphatic imine (C=N–C) groups is 1. The first-order valence-electron chi connectivity index (χ1n) is 13.3. The number of hydrogen-bond acceptors (Lipinski definition) is 7. The Morgan fingerprint density at radius 3 is 2.33 bits per heavy atom. The summed E-state index contributed by atoms with van der Waals surface area (Å²) in [5.74, 6) is 0.229. The van der Waals surface area contributed by atoms with Gasteiger partial charge in [-0.3, -0.25) is 5.73 Å². The maximum atomic E-state index is 14.0. The van der Waals surface area contributed by atoms with E-state index in [4.69, 9.17) is 27.0 Å². The quantitative estimate of drug-likeness (QED) is 0.256. The van der Waals surface area contributed by atoms with Gasteiger partial charge in [-0.1, -0.05) is 48.5 Å². The van der Waals surface area contributed by atoms with Gasteiger partial charge in [0.15, 0.2) is 5.66 Å². The van der Waals surface area contributed by atoms with E-state index in [1.54, 1.807) is 54.6 Å². The predicted octanol–water partition coefficient (Wildman–Crippen LogP) is 5.80. The van der Waals surface area contributed by atoms with Crippen molar-refractivity contribution in [1.82, 2.24) is 8.72 Å². The van der Waals surface area contributed by atoms with Crippen LogP contribution >= 0.6 is 24.2 Å². The van der Waals surface area contributed by atoms with Gasteiger partial charge in [0.2, 0.25) is 10.0 Å². The standard InChI is InChI=1S/C31H28ClFN4O4S.ClH/c32-37-21-35-30-14-7-23(22-5-12-27(13-6-22)42(38,39)36-15-17-40-18-16-36)19-28(30)31(37,34)25-8-10-26(11-9-25)41-20-24-3-1-2-4-29(24)33;/h1-14,19,21H,15-18,20,34H2;1H. The molecule has 0 spiro atoms. The monoisotopic (exact) mass is 642 g/mol. The van der Waals surface area contributed by atoms with Gasteiger partial charge < -0.3 is 9.47 Å². The largest absolute Gasteiger partial charge is 0.489 e. The molecule has 1 saturated heterocycles. The minimum absolute atomic E-state index is 0. The third-order valence-corrected chi connectivity index (χ3v) is 9.75. The van der Waals surface area contributed by atoms with Gasteiger partial charge in [-0.25, -0.2) is 22.2 Å². The molecule has 4 aromatic rings. The van der Waals surface area contributed by atoms with Crippen LogP contribution in [-0.2, 0) is 27.0 Å². The lowest BCUT2D eigenvalue weighted by Gasteiger charge is -2.39. The van der Waals surface area contributed by atoms with E-state index in [9.17, 15) is 12.8 Å². The molecule has 1 unspecified atom stereocenters. The van der Waals surface area contributed by atoms with Crippen molar-refractivity contribution in [3.63, 3.8) is 0 Å². The molecule has 1 atom stereocenters. The summed E-state index contributed by atoms with van der Waals surface area (Å²) in [4.78, 5) is 4.68. The van der Waals surface area contributed by atoms with Gasteiger partial charge in [0.05, 0.1) is 23.8 Å². The summed E-state index contributed by atoms with van der Waals surface area (Å²) >= 11 is 6.63. The van der Waals surface area contributed by atoms with E-state index in [-0.39, 0.29) is 29.7 Å². The van der Waals surface area contributed by atoms with Crippen molar-refractivity contribution in [1.29, 1.82) is 0 Å². The highest BCUT2D eigenvalue weighted by atomic mass is 35.5. The Kier molecular flexibility index (Phi) is 9.07. The molecule has 12 heteroatoms. The highest BCUT2D eigenvalue weighted by Crippen LogP contribution is 2.42. The molecule has 2 aliphatic rings. The van der Waals surface area contributed by atoms with Gasteiger partial charge in [-0.15, -0.1) is 12.4 Å². The zero-order valence-electron chi connectivity index (χ0n) is 22.9. The van der Waals surface area contributed by atoms with Crippen LogP contribution in [0.25, 0.3) is 11.1 Å². The zero-order chi connectivity index (χ0) is 29.3. The molecule has 2 N–H and O–H groups in total. The molecule has 6 rings (SSSR count). The molecule has 1 fully saturated rings. The maximum absolute atomic E-state index is 14.0. The molecule has 0 saturated carbocycles. The number of nitrogens with zero attached hydrogens (tertiary/aromatic N) is 3. The molecular formula is C31H29Cl2FN4O4S. The number of rotatable bonds is 7. The first kappa shape index (κ1) is 30.9. The topological polar surface area (TPSA) is 97.5 Å². The Morgan fingerprint density at radius 1 is 0.953 bits per heavy atom. The average molecular weight is 644 g/mol. The van der Waals surface area contributed by atoms with E-state index in [2.05, 4.69) is 4.99 Å². The Morgan fingerprint density at radius 2 is 1.63 bits per heavy atom. The van der Waals surface area contributed by atoms with Crippen LogP contribution in [0.5, 0.6) is 5.75 Å². The minimum Gasteiger partial charge on any atom is -0.489 e. The third-order valence-electron chi connectivity index (χ3n) is 7.48. The average Bonchev–Trinajstić information content (AvgIpc) is 3.03. The highest BCUT2D eigenvalue weighted by Gasteiger charge is 2.39. The molecule has 43 heavy (non-hydrogen) atoms. The van der Waals surface area contributed by atoms with Crippen molar-refractivity contribution in [3.8, 4) is 16.9 Å². The van der Waals surface area contributed by atoms with Gasteiger partial charge in [0.25, 0.3) is 0 Å². The van der Waals surface area contributed by atoms with Crippen molar-refractivity contribution >= 4 is 46.2 Å². The molecule has 2 aliphatic heterocycles. The number of fused-ring (bicyclic) bond motifs is 1. The van der Waals surface area contributed by atoms with Crippen LogP contribution < -0.4 is 10.5 Å². The van der Waals surface area contributed by atoms with Crippen LogP contribution in [0.4, 0.5) is 10.1 Å². The fourth-order valence-corrected chi connectivity index (χ4v) is 6.71. The van der Waals surface area contributed by atoms with Crippen LogP contribution in [0.15, 0.2) is 101 Å². The smallest absolute Gasteiger partial charge is 0.243 e. The van der Waals surface area contributed by atoms with Crippen molar-refractivity contribution < 1.29 is 22.3 Å². The number of morpholine rings is 1. The fraction of sp³-hybridized carbons (Fsp3) is 0.194. The Hall–Kier alpha value is -3.51. The van der Waals surface area contributed by atoms with Crippen LogP contribution in [0.3, 0.4) is 0 Å². The second-order valence-electron chi connectivity index (χ2n) is 10.00. The summed E-state index contributed by atoms with van der Waals surface area (Å²) in [5, 5.41) is 0. The number of halogens is 3. The summed E-state index contributed by atoms with van der Waals surface area (Å²) in [5.41, 5.74) is 9.84. The molecule has 2 heterocycles. The van der Waals surface area contributed by atoms with Crippen molar-refractivity contribution in [2.75, 3.05) is 26.3 Å². The van der Waals surface area contributed by atoms with Crippen LogP contribution in [-0.4, -0.2) is 49.8 Å². The summed E-state index contributed by atoms with van der Waals surface area (Å²) in [6.07, 6.45) is 1.47. The van der Waals surface area contributed by atoms with Crippen LogP contribution in [0, 0.1) is 5.82 Å². The lowest BCUT2D eigenvalue weighted by molar-refractivity contribution is 0.0730. The number of sulfonamides is 1. The lowest BCUT2D eigenvalue weighted by atomic mass is 9.87. The van der Waals surface area contributed by atoms with Gasteiger partial charge >= 0.3 is 0 Å². The molecule has 0 aromatic heterocycles. The SMILES string of the molecule is Cl.NC1(c2ccc(OCc3ccccc3F)cc2)c2cc(-c3ccc(S(=O)(=O)N4CCOCC4)cc3)ccc2N=CN1Cl. The van der Waals surface area contributed by atoms with Crippen LogP contribution in [0.2, 0.25) is 0 Å². The molecular weight excluding hydrogens is 614 g/mol. The van der Waals surface area contributed by atoms with E-state index in [1.807, 2.05) is 30.3 Å². The van der Waals surface area contributed by atoms with E-state index < -0.39 is 15.7 Å². The van der Waals surface area contributed by atoms with Crippen LogP contribution in [0.1, 0.15) is 16.7 Å². The Labute approximate surface area is 261 Å². The third kappa shape index (κ3) is 5.99. The number of ether oxygens (including phenoxy) is 2. The second kappa shape index (κ2) is 12.6. The summed E-state index contributed by atoms with van der Waals surface area (Å²) in [6.45, 7) is 1.53. The number of nitrogens with two attached hydrogens (primary N) is 1. The molecule has 224 valence electrons. The highest BCUT2D eigenvalue weighted by molar-refractivity contribution is 7.89. The van der Waals surface area contributed by atoms with E-state index >= 15 is 0 Å². The summed E-state index contributed by atoms with van der Waals surface area (Å²) in [6, 6.07) is 26.1. The van der Waals surface area contributed by atoms with E-state index in [0.29, 0.717) is 54.4 Å². The molecule has 0 aliphatic carbocycles. The Bertz CT molecular complexity index is 1730. The number of hydrogen-bond donors (Lipinski definition) is 1. The first-order valence-corrected chi connectivity index (χ1v) is 15.1. The van der Waals surface area contributed by atoms with Crippen molar-refractivity contribution in [3.05, 3.63) is 114 Å². The lowest BCUT2D eigenvalue weighted by Crippen LogP contribution is -2.50. The molecule has 0 bridgehead atoms. The van der Waals surface area contributed by atoms with E-state index in [0.717, 1.165) is 11.1 Å². The summed E-state index contributed by atoms with van der Waals surface area (Å²) in [7, 11) is -3.60. The van der Waals surface area contributed by atoms with Gasteiger partial charge in [-0.05, 0) is 59.2 Å². The first-order chi connectivity index (χ1) is 20.3. The molecule has 0 amide bonds. The van der Waals surface area contributed by atoms with Gasteiger partial charge in [0.1, 0.15) is 24.5 Å². The maximum Gasteiger partial charge on any atom is 0.243 e. The molecule has 4 aromatic carbocycles. The van der Waals surface area contributed by atoms with Gasteiger partial charge in [-0.2, -0.15) is 4.31 Å². The molecule has 0 radical (unpaired) electrons. The van der Waals surface area contributed by atoms with Crippen molar-refractivity contribution in [2.45, 2.75) is 17.2 Å². The fourth-order valence-electron chi connectivity index (χ4n) is 5.07. The summed E-state index contributed by atoms with van der Waals surface area (Å²) < 4.78 is 53.9. The van der Waals surface area contributed by atoms with Gasteiger partial charge in [0, 0.05) is 36.0 Å². The number of benzene rings is 4. The second-order valence-corrected chi connectivity index (χ2v) is 12.3. The van der Waals surface area contributed by atoms with E-state index in [1.165, 1.54) is 21.1 Å². The Balaban J connectivity index is 0.00000368. The van der Waals surface area contributed by atoms with Crippen molar-refractivity contribution in [2.24, 2.45) is 10.7 Å². The predicted molar refractivity (Wildman–Crippen MR) is 167 cm³/mol. The zero-order valence-corrected chi connectivity index (χ0v) is 25.3. The molecule has 8 nitrogen and oxygen atoms in total. The normalized spacial score (nSPS) is 18.5. The minimum atomic E-state index is -3.60.